The fourth-order valence-electron chi connectivity index (χ4n) is 5.23. The summed E-state index contributed by atoms with van der Waals surface area (Å²) in [6.07, 6.45) is 3.26. The number of anilines is 1. The largest absolute Gasteiger partial charge is 0.464 e. The number of furan rings is 1. The molecule has 1 unspecified atom stereocenters. The smallest absolute Gasteiger partial charge is 0.233 e. The van der Waals surface area contributed by atoms with E-state index in [0.29, 0.717) is 18.8 Å². The molecule has 0 bridgehead atoms. The van der Waals surface area contributed by atoms with Crippen LogP contribution in [0, 0.1) is 27.7 Å². The number of hydrogen-bond donors (Lipinski definition) is 1. The highest BCUT2D eigenvalue weighted by atomic mass is 32.2. The van der Waals surface area contributed by atoms with E-state index in [1.165, 1.54) is 5.56 Å². The van der Waals surface area contributed by atoms with Gasteiger partial charge in [0, 0.05) is 13.1 Å². The molecule has 1 aromatic carbocycles. The van der Waals surface area contributed by atoms with E-state index in [9.17, 15) is 13.2 Å². The Morgan fingerprint density at radius 1 is 1.03 bits per heavy atom. The molecule has 1 saturated heterocycles. The van der Waals surface area contributed by atoms with Gasteiger partial charge in [-0.15, -0.1) is 0 Å². The van der Waals surface area contributed by atoms with Crippen LogP contribution in [0.4, 0.5) is 5.69 Å². The zero-order chi connectivity index (χ0) is 25.7. The predicted octanol–water partition coefficient (Wildman–Crippen LogP) is 4.08. The van der Waals surface area contributed by atoms with Gasteiger partial charge in [0.15, 0.2) is 9.84 Å². The molecule has 2 aromatic heterocycles. The van der Waals surface area contributed by atoms with E-state index >= 15 is 0 Å². The predicted molar refractivity (Wildman–Crippen MR) is 140 cm³/mol. The minimum absolute atomic E-state index is 0.0473. The molecule has 7 nitrogen and oxygen atoms in total. The monoisotopic (exact) mass is 507 g/mol. The van der Waals surface area contributed by atoms with Crippen LogP contribution in [0.2, 0.25) is 0 Å². The number of nitrogens with zero attached hydrogens (tertiary/aromatic N) is 2. The van der Waals surface area contributed by atoms with Gasteiger partial charge in [-0.25, -0.2) is 8.42 Å². The quantitative estimate of drug-likeness (QED) is 0.541. The van der Waals surface area contributed by atoms with E-state index in [1.807, 2.05) is 32.0 Å². The van der Waals surface area contributed by atoms with Crippen LogP contribution >= 0.6 is 0 Å². The fourth-order valence-corrected chi connectivity index (χ4v) is 6.43. The van der Waals surface area contributed by atoms with E-state index in [2.05, 4.69) is 42.3 Å². The summed E-state index contributed by atoms with van der Waals surface area (Å²) in [5, 5.41) is 3.29. The number of hydrogen-bond acceptors (Lipinski definition) is 6. The highest BCUT2D eigenvalue weighted by Crippen LogP contribution is 2.49. The van der Waals surface area contributed by atoms with Crippen LogP contribution in [-0.2, 0) is 20.0 Å². The molecule has 1 amide bonds. The number of rotatable bonds is 6. The van der Waals surface area contributed by atoms with E-state index in [0.717, 1.165) is 46.7 Å². The Kier molecular flexibility index (Phi) is 6.19. The van der Waals surface area contributed by atoms with Crippen molar-refractivity contribution >= 4 is 21.4 Å². The molecule has 8 heteroatoms. The Morgan fingerprint density at radius 3 is 2.33 bits per heavy atom. The van der Waals surface area contributed by atoms with Crippen molar-refractivity contribution in [1.82, 2.24) is 10.3 Å². The Labute approximate surface area is 212 Å². The van der Waals surface area contributed by atoms with Crippen molar-refractivity contribution in [2.75, 3.05) is 29.5 Å². The molecule has 3 aromatic rings. The van der Waals surface area contributed by atoms with Gasteiger partial charge in [0.1, 0.15) is 17.6 Å². The average Bonchev–Trinajstić information content (AvgIpc) is 3.52. The van der Waals surface area contributed by atoms with Crippen LogP contribution in [0.15, 0.2) is 47.0 Å². The lowest BCUT2D eigenvalue weighted by Gasteiger charge is -2.29. The van der Waals surface area contributed by atoms with E-state index < -0.39 is 15.3 Å². The van der Waals surface area contributed by atoms with E-state index in [1.54, 1.807) is 6.20 Å². The minimum atomic E-state index is -2.95. The Balaban J connectivity index is 1.41. The second kappa shape index (κ2) is 9.07. The van der Waals surface area contributed by atoms with Crippen molar-refractivity contribution in [2.24, 2.45) is 0 Å². The molecule has 2 fully saturated rings. The first-order valence-electron chi connectivity index (χ1n) is 12.4. The van der Waals surface area contributed by atoms with Gasteiger partial charge in [-0.2, -0.15) is 0 Å². The molecule has 1 atom stereocenters. The number of aromatic nitrogens is 1. The number of benzene rings is 1. The van der Waals surface area contributed by atoms with Crippen LogP contribution in [-0.4, -0.2) is 43.9 Å². The number of carbonyl (C=O) groups excluding carboxylic acids is 1. The number of sulfone groups is 1. The number of amides is 1. The highest BCUT2D eigenvalue weighted by molar-refractivity contribution is 7.91. The molecule has 36 heavy (non-hydrogen) atoms. The van der Waals surface area contributed by atoms with Gasteiger partial charge in [0.2, 0.25) is 5.91 Å². The third kappa shape index (κ3) is 4.66. The summed E-state index contributed by atoms with van der Waals surface area (Å²) < 4.78 is 29.6. The number of aryl methyl sites for hydroxylation is 4. The van der Waals surface area contributed by atoms with Crippen LogP contribution in [0.1, 0.15) is 58.4 Å². The summed E-state index contributed by atoms with van der Waals surface area (Å²) >= 11 is 0. The molecule has 5 rings (SSSR count). The van der Waals surface area contributed by atoms with Gasteiger partial charge >= 0.3 is 0 Å². The van der Waals surface area contributed by atoms with E-state index in [-0.39, 0.29) is 23.5 Å². The summed E-state index contributed by atoms with van der Waals surface area (Å²) in [5.41, 5.74) is 5.27. The zero-order valence-electron chi connectivity index (χ0n) is 21.3. The molecule has 0 spiro atoms. The lowest BCUT2D eigenvalue weighted by molar-refractivity contribution is -0.124. The van der Waals surface area contributed by atoms with Crippen molar-refractivity contribution < 1.29 is 17.6 Å². The maximum atomic E-state index is 13.8. The van der Waals surface area contributed by atoms with Crippen molar-refractivity contribution in [3.63, 3.8) is 0 Å². The first-order chi connectivity index (χ1) is 17.1. The van der Waals surface area contributed by atoms with Crippen molar-refractivity contribution in [3.8, 4) is 0 Å². The third-order valence-electron chi connectivity index (χ3n) is 7.47. The summed E-state index contributed by atoms with van der Waals surface area (Å²) in [5.74, 6) is 1.78. The SMILES string of the molecule is Cc1ccc(C(NC(=O)C2(c3ncc(N4CCS(=O)(=O)CC4)cc3C)CC2)c2ccc(C)o2)c(C)c1. The summed E-state index contributed by atoms with van der Waals surface area (Å²) in [6.45, 7) is 8.93. The number of nitrogens with one attached hydrogen (secondary N) is 1. The normalized spacial score (nSPS) is 19.1. The summed E-state index contributed by atoms with van der Waals surface area (Å²) in [4.78, 5) is 20.6. The Morgan fingerprint density at radius 2 is 1.75 bits per heavy atom. The van der Waals surface area contributed by atoms with Crippen LogP contribution in [0.25, 0.3) is 0 Å². The molecule has 3 heterocycles. The molecule has 1 aliphatic carbocycles. The average molecular weight is 508 g/mol. The first kappa shape index (κ1) is 24.6. The van der Waals surface area contributed by atoms with Crippen LogP contribution in [0.5, 0.6) is 0 Å². The molecule has 0 radical (unpaired) electrons. The molecule has 1 N–H and O–H groups in total. The second-order valence-electron chi connectivity index (χ2n) is 10.3. The van der Waals surface area contributed by atoms with Gasteiger partial charge < -0.3 is 14.6 Å². The van der Waals surface area contributed by atoms with Crippen molar-refractivity contribution in [1.29, 1.82) is 0 Å². The number of carbonyl (C=O) groups is 1. The maximum absolute atomic E-state index is 13.8. The lowest BCUT2D eigenvalue weighted by Crippen LogP contribution is -2.41. The zero-order valence-corrected chi connectivity index (χ0v) is 22.1. The molecular weight excluding hydrogens is 474 g/mol. The second-order valence-corrected chi connectivity index (χ2v) is 12.6. The standard InChI is InChI=1S/C28H33N3O4S/c1-18-5-7-23(19(2)15-18)25(24-8-6-21(4)35-24)30-27(32)28(9-10-28)26-20(3)16-22(17-29-26)31-11-13-36(33,34)14-12-31/h5-8,15-17,25H,9-14H2,1-4H3,(H,30,32). The molecule has 190 valence electrons. The molecular formula is C28H33N3O4S. The minimum Gasteiger partial charge on any atom is -0.464 e. The fraction of sp³-hybridized carbons (Fsp3) is 0.429. The van der Waals surface area contributed by atoms with Gasteiger partial charge in [0.25, 0.3) is 0 Å². The molecule has 2 aliphatic rings. The maximum Gasteiger partial charge on any atom is 0.233 e. The van der Waals surface area contributed by atoms with Gasteiger partial charge in [-0.1, -0.05) is 23.8 Å². The summed E-state index contributed by atoms with van der Waals surface area (Å²) in [7, 11) is -2.95. The van der Waals surface area contributed by atoms with Gasteiger partial charge in [-0.3, -0.25) is 9.78 Å². The molecule has 1 saturated carbocycles. The lowest BCUT2D eigenvalue weighted by atomic mass is 9.93. The van der Waals surface area contributed by atoms with Crippen molar-refractivity contribution in [2.45, 2.75) is 52.0 Å². The Bertz CT molecular complexity index is 1410. The van der Waals surface area contributed by atoms with E-state index in [4.69, 9.17) is 9.40 Å². The first-order valence-corrected chi connectivity index (χ1v) is 14.3. The Hall–Kier alpha value is -3.13. The molecule has 1 aliphatic heterocycles. The van der Waals surface area contributed by atoms with Crippen LogP contribution in [0.3, 0.4) is 0 Å². The van der Waals surface area contributed by atoms with Crippen LogP contribution < -0.4 is 10.2 Å². The number of pyridine rings is 1. The third-order valence-corrected chi connectivity index (χ3v) is 9.08. The van der Waals surface area contributed by atoms with Gasteiger partial charge in [-0.05, 0) is 75.4 Å². The van der Waals surface area contributed by atoms with Gasteiger partial charge in [0.05, 0.1) is 34.5 Å². The summed E-state index contributed by atoms with van der Waals surface area (Å²) in [6, 6.07) is 11.7. The topological polar surface area (TPSA) is 92.5 Å². The van der Waals surface area contributed by atoms with Crippen molar-refractivity contribution in [3.05, 3.63) is 82.1 Å². The highest BCUT2D eigenvalue weighted by Gasteiger charge is 2.54.